The van der Waals surface area contributed by atoms with Crippen molar-refractivity contribution >= 4 is 27.5 Å². The lowest BCUT2D eigenvalue weighted by atomic mass is 9.74. The van der Waals surface area contributed by atoms with Crippen LogP contribution in [0.3, 0.4) is 0 Å². The average molecular weight is 325 g/mol. The van der Waals surface area contributed by atoms with Gasteiger partial charge in [0.2, 0.25) is 5.91 Å². The molecule has 0 aromatic heterocycles. The van der Waals surface area contributed by atoms with Crippen LogP contribution in [0.2, 0.25) is 0 Å². The molecule has 3 nitrogen and oxygen atoms in total. The second-order valence-electron chi connectivity index (χ2n) is 4.84. The lowest BCUT2D eigenvalue weighted by Crippen LogP contribution is -2.36. The van der Waals surface area contributed by atoms with Gasteiger partial charge in [0.15, 0.2) is 0 Å². The fourth-order valence-electron chi connectivity index (χ4n) is 2.37. The summed E-state index contributed by atoms with van der Waals surface area (Å²) in [6.07, 6.45) is 3.98. The van der Waals surface area contributed by atoms with Gasteiger partial charge in [0.1, 0.15) is 11.2 Å². The second kappa shape index (κ2) is 5.70. The van der Waals surface area contributed by atoms with Crippen molar-refractivity contribution in [3.63, 3.8) is 0 Å². The van der Waals surface area contributed by atoms with Crippen molar-refractivity contribution in [1.29, 1.82) is 5.26 Å². The Hall–Kier alpha value is -1.41. The summed E-state index contributed by atoms with van der Waals surface area (Å²) in [5.74, 6) is -0.760. The first kappa shape index (κ1) is 14.0. The highest BCUT2D eigenvalue weighted by atomic mass is 79.9. The molecule has 100 valence electrons. The lowest BCUT2D eigenvalue weighted by Gasteiger charge is -2.29. The van der Waals surface area contributed by atoms with E-state index in [-0.39, 0.29) is 5.91 Å². The smallest absolute Gasteiger partial charge is 0.244 e. The van der Waals surface area contributed by atoms with Crippen molar-refractivity contribution in [3.8, 4) is 6.07 Å². The number of halogens is 2. The molecule has 1 fully saturated rings. The maximum Gasteiger partial charge on any atom is 0.244 e. The monoisotopic (exact) mass is 324 g/mol. The van der Waals surface area contributed by atoms with Gasteiger partial charge in [-0.2, -0.15) is 5.26 Å². The number of carbonyl (C=O) groups excluding carboxylic acids is 1. The van der Waals surface area contributed by atoms with Crippen LogP contribution in [0, 0.1) is 22.6 Å². The van der Waals surface area contributed by atoms with E-state index in [0.29, 0.717) is 23.0 Å². The molecule has 0 aliphatic heterocycles. The first-order chi connectivity index (χ1) is 9.07. The summed E-state index contributed by atoms with van der Waals surface area (Å²) in [4.78, 5) is 12.2. The summed E-state index contributed by atoms with van der Waals surface area (Å²) >= 11 is 3.06. The molecule has 1 aromatic rings. The first-order valence-electron chi connectivity index (χ1n) is 6.25. The molecule has 0 heterocycles. The molecule has 1 saturated carbocycles. The number of benzene rings is 1. The fraction of sp³-hybridized carbons (Fsp3) is 0.429. The van der Waals surface area contributed by atoms with Gasteiger partial charge >= 0.3 is 0 Å². The molecule has 2 rings (SSSR count). The van der Waals surface area contributed by atoms with Gasteiger partial charge in [-0.3, -0.25) is 4.79 Å². The van der Waals surface area contributed by atoms with E-state index in [4.69, 9.17) is 0 Å². The third kappa shape index (κ3) is 2.95. The zero-order valence-corrected chi connectivity index (χ0v) is 12.0. The van der Waals surface area contributed by atoms with Gasteiger partial charge in [0.05, 0.1) is 10.5 Å². The van der Waals surface area contributed by atoms with Crippen LogP contribution in [0.4, 0.5) is 10.1 Å². The van der Waals surface area contributed by atoms with Crippen LogP contribution in [0.25, 0.3) is 0 Å². The van der Waals surface area contributed by atoms with E-state index in [9.17, 15) is 14.4 Å². The molecule has 0 unspecified atom stereocenters. The molecule has 0 spiro atoms. The van der Waals surface area contributed by atoms with Crippen molar-refractivity contribution in [2.45, 2.75) is 32.1 Å². The van der Waals surface area contributed by atoms with Gasteiger partial charge in [-0.1, -0.05) is 19.3 Å². The van der Waals surface area contributed by atoms with E-state index in [1.54, 1.807) is 6.07 Å². The quantitative estimate of drug-likeness (QED) is 0.893. The summed E-state index contributed by atoms with van der Waals surface area (Å²) in [7, 11) is 0. The molecular weight excluding hydrogens is 311 g/mol. The van der Waals surface area contributed by atoms with Gasteiger partial charge in [-0.05, 0) is 47.0 Å². The number of hydrogen-bond acceptors (Lipinski definition) is 2. The van der Waals surface area contributed by atoms with Crippen molar-refractivity contribution in [2.24, 2.45) is 5.41 Å². The van der Waals surface area contributed by atoms with Gasteiger partial charge in [0.25, 0.3) is 0 Å². The number of hydrogen-bond donors (Lipinski definition) is 1. The molecule has 1 aliphatic rings. The van der Waals surface area contributed by atoms with E-state index in [1.807, 2.05) is 0 Å². The number of amides is 1. The van der Waals surface area contributed by atoms with Crippen LogP contribution in [0.15, 0.2) is 22.7 Å². The van der Waals surface area contributed by atoms with Crippen molar-refractivity contribution < 1.29 is 9.18 Å². The minimum Gasteiger partial charge on any atom is -0.325 e. The van der Waals surface area contributed by atoms with Crippen molar-refractivity contribution in [3.05, 3.63) is 28.5 Å². The zero-order chi connectivity index (χ0) is 13.9. The second-order valence-corrected chi connectivity index (χ2v) is 5.69. The number of anilines is 1. The minimum absolute atomic E-state index is 0.323. The maximum atomic E-state index is 13.4. The number of rotatable bonds is 2. The lowest BCUT2D eigenvalue weighted by molar-refractivity contribution is -0.124. The summed E-state index contributed by atoms with van der Waals surface area (Å²) < 4.78 is 13.7. The molecule has 5 heteroatoms. The predicted octanol–water partition coefficient (Wildman–Crippen LogP) is 4.00. The van der Waals surface area contributed by atoms with E-state index in [1.165, 1.54) is 12.1 Å². The Morgan fingerprint density at radius 2 is 2.05 bits per heavy atom. The molecule has 1 N–H and O–H groups in total. The van der Waals surface area contributed by atoms with E-state index in [0.717, 1.165) is 19.3 Å². The Labute approximate surface area is 119 Å². The fourth-order valence-corrected chi connectivity index (χ4v) is 2.62. The number of nitriles is 1. The molecule has 1 aliphatic carbocycles. The largest absolute Gasteiger partial charge is 0.325 e. The van der Waals surface area contributed by atoms with E-state index < -0.39 is 11.2 Å². The van der Waals surface area contributed by atoms with Crippen LogP contribution in [-0.4, -0.2) is 5.91 Å². The van der Waals surface area contributed by atoms with Crippen LogP contribution < -0.4 is 5.32 Å². The van der Waals surface area contributed by atoms with Gasteiger partial charge in [0, 0.05) is 5.69 Å². The average Bonchev–Trinajstić information content (AvgIpc) is 2.43. The Kier molecular flexibility index (Phi) is 4.20. The molecule has 1 aromatic carbocycles. The Balaban J connectivity index is 2.15. The zero-order valence-electron chi connectivity index (χ0n) is 10.4. The van der Waals surface area contributed by atoms with Crippen LogP contribution in [0.5, 0.6) is 0 Å². The van der Waals surface area contributed by atoms with Crippen LogP contribution in [0.1, 0.15) is 32.1 Å². The normalized spacial score (nSPS) is 17.5. The van der Waals surface area contributed by atoms with E-state index >= 15 is 0 Å². The summed E-state index contributed by atoms with van der Waals surface area (Å²) in [5, 5.41) is 11.9. The molecule has 19 heavy (non-hydrogen) atoms. The number of nitrogens with zero attached hydrogens (tertiary/aromatic N) is 1. The summed E-state index contributed by atoms with van der Waals surface area (Å²) in [6.45, 7) is 0. The maximum absolute atomic E-state index is 13.4. The Bertz CT molecular complexity index is 533. The van der Waals surface area contributed by atoms with Crippen molar-refractivity contribution in [1.82, 2.24) is 0 Å². The Morgan fingerprint density at radius 3 is 2.63 bits per heavy atom. The van der Waals surface area contributed by atoms with Crippen LogP contribution in [-0.2, 0) is 4.79 Å². The van der Waals surface area contributed by atoms with E-state index in [2.05, 4.69) is 27.3 Å². The van der Waals surface area contributed by atoms with Crippen LogP contribution >= 0.6 is 15.9 Å². The summed E-state index contributed by atoms with van der Waals surface area (Å²) in [6, 6.07) is 6.54. The topological polar surface area (TPSA) is 52.9 Å². The highest BCUT2D eigenvalue weighted by molar-refractivity contribution is 9.10. The van der Waals surface area contributed by atoms with Gasteiger partial charge < -0.3 is 5.32 Å². The molecule has 1 amide bonds. The number of nitrogens with one attached hydrogen (secondary N) is 1. The molecule has 0 bridgehead atoms. The molecule has 0 atom stereocenters. The highest BCUT2D eigenvalue weighted by Crippen LogP contribution is 2.36. The van der Waals surface area contributed by atoms with Crippen molar-refractivity contribution in [2.75, 3.05) is 5.32 Å². The first-order valence-corrected chi connectivity index (χ1v) is 7.04. The summed E-state index contributed by atoms with van der Waals surface area (Å²) in [5.41, 5.74) is -0.576. The SMILES string of the molecule is N#CC1(C(=O)Nc2ccc(Br)c(F)c2)CCCCC1. The highest BCUT2D eigenvalue weighted by Gasteiger charge is 2.39. The van der Waals surface area contributed by atoms with Gasteiger partial charge in [-0.25, -0.2) is 4.39 Å². The third-order valence-corrected chi connectivity index (χ3v) is 4.18. The third-order valence-electron chi connectivity index (χ3n) is 3.53. The predicted molar refractivity (Wildman–Crippen MR) is 73.9 cm³/mol. The molecular formula is C14H14BrFN2O. The number of carbonyl (C=O) groups is 1. The Morgan fingerprint density at radius 1 is 1.37 bits per heavy atom. The molecule has 0 saturated heterocycles. The molecule has 0 radical (unpaired) electrons. The van der Waals surface area contributed by atoms with Gasteiger partial charge in [-0.15, -0.1) is 0 Å². The standard InChI is InChI=1S/C14H14BrFN2O/c15-11-5-4-10(8-12(11)16)18-13(19)14(9-17)6-2-1-3-7-14/h4-5,8H,1-3,6-7H2,(H,18,19). The minimum atomic E-state index is -0.957.